The van der Waals surface area contributed by atoms with Crippen LogP contribution in [0.1, 0.15) is 28.1 Å². The summed E-state index contributed by atoms with van der Waals surface area (Å²) in [5.74, 6) is 0. The van der Waals surface area contributed by atoms with E-state index in [1.807, 2.05) is 34.7 Å². The quantitative estimate of drug-likeness (QED) is 0.614. The molecule has 0 atom stereocenters. The smallest absolute Gasteiger partial charge is 0.0674 e. The van der Waals surface area contributed by atoms with Crippen molar-refractivity contribution in [1.82, 2.24) is 24.5 Å². The van der Waals surface area contributed by atoms with E-state index in [1.165, 1.54) is 22.4 Å². The van der Waals surface area contributed by atoms with Crippen LogP contribution in [0.15, 0.2) is 36.7 Å². The van der Waals surface area contributed by atoms with Gasteiger partial charge in [-0.3, -0.25) is 9.58 Å². The molecule has 0 saturated carbocycles. The fourth-order valence-corrected chi connectivity index (χ4v) is 3.36. The molecule has 2 heterocycles. The number of aromatic nitrogens is 4. The van der Waals surface area contributed by atoms with Gasteiger partial charge in [-0.15, -0.1) is 0 Å². The molecule has 0 unspecified atom stereocenters. The largest absolute Gasteiger partial charge is 0.383 e. The van der Waals surface area contributed by atoms with Crippen LogP contribution in [0.5, 0.6) is 0 Å². The zero-order valence-corrected chi connectivity index (χ0v) is 16.9. The molecule has 3 aromatic rings. The molecule has 0 aliphatic rings. The Morgan fingerprint density at radius 1 is 1.11 bits per heavy atom. The van der Waals surface area contributed by atoms with Crippen molar-refractivity contribution in [1.29, 1.82) is 0 Å². The first-order chi connectivity index (χ1) is 13.0. The second-order valence-corrected chi connectivity index (χ2v) is 7.06. The number of hydrogen-bond acceptors (Lipinski definition) is 4. The number of methoxy groups -OCH3 is 1. The molecule has 0 saturated heterocycles. The van der Waals surface area contributed by atoms with Gasteiger partial charge in [-0.2, -0.15) is 10.2 Å². The molecule has 2 aromatic heterocycles. The van der Waals surface area contributed by atoms with Gasteiger partial charge >= 0.3 is 0 Å². The summed E-state index contributed by atoms with van der Waals surface area (Å²) in [6.07, 6.45) is 4.07. The Labute approximate surface area is 161 Å². The van der Waals surface area contributed by atoms with Gasteiger partial charge in [0.1, 0.15) is 0 Å². The average molecular weight is 367 g/mol. The highest BCUT2D eigenvalue weighted by atomic mass is 16.5. The standard InChI is InChI=1S/C21H29N5O/c1-16-8-6-7-9-21(16)26-14-19(12-22-26)13-25(10-11-27-5)15-20-17(2)23-24(4)18(20)3/h6-9,12,14H,10-11,13,15H2,1-5H3. The third-order valence-corrected chi connectivity index (χ3v) is 5.06. The summed E-state index contributed by atoms with van der Waals surface area (Å²) in [6.45, 7) is 9.54. The molecule has 0 bridgehead atoms. The lowest BCUT2D eigenvalue weighted by Crippen LogP contribution is -2.27. The maximum atomic E-state index is 5.32. The Balaban J connectivity index is 1.78. The van der Waals surface area contributed by atoms with Crippen LogP contribution >= 0.6 is 0 Å². The molecule has 1 aromatic carbocycles. The molecule has 0 aliphatic heterocycles. The number of hydrogen-bond donors (Lipinski definition) is 0. The molecular formula is C21H29N5O. The van der Waals surface area contributed by atoms with Gasteiger partial charge in [-0.1, -0.05) is 18.2 Å². The highest BCUT2D eigenvalue weighted by Crippen LogP contribution is 2.18. The second kappa shape index (κ2) is 8.50. The fourth-order valence-electron chi connectivity index (χ4n) is 3.36. The Morgan fingerprint density at radius 3 is 2.56 bits per heavy atom. The van der Waals surface area contributed by atoms with E-state index >= 15 is 0 Å². The van der Waals surface area contributed by atoms with Crippen molar-refractivity contribution >= 4 is 0 Å². The molecule has 0 amide bonds. The second-order valence-electron chi connectivity index (χ2n) is 7.06. The predicted octanol–water partition coefficient (Wildman–Crippen LogP) is 3.18. The van der Waals surface area contributed by atoms with Gasteiger partial charge in [0, 0.05) is 56.8 Å². The zero-order chi connectivity index (χ0) is 19.4. The van der Waals surface area contributed by atoms with E-state index in [2.05, 4.69) is 54.2 Å². The number of rotatable bonds is 8. The molecule has 6 nitrogen and oxygen atoms in total. The van der Waals surface area contributed by atoms with Gasteiger partial charge in [-0.25, -0.2) is 4.68 Å². The number of ether oxygens (including phenoxy) is 1. The van der Waals surface area contributed by atoms with E-state index in [9.17, 15) is 0 Å². The summed E-state index contributed by atoms with van der Waals surface area (Å²) in [4.78, 5) is 2.39. The highest BCUT2D eigenvalue weighted by Gasteiger charge is 2.15. The Morgan fingerprint density at radius 2 is 1.89 bits per heavy atom. The maximum absolute atomic E-state index is 5.32. The molecule has 27 heavy (non-hydrogen) atoms. The van der Waals surface area contributed by atoms with Gasteiger partial charge in [0.05, 0.1) is 24.2 Å². The van der Waals surface area contributed by atoms with Crippen LogP contribution in [0.2, 0.25) is 0 Å². The third kappa shape index (κ3) is 4.46. The van der Waals surface area contributed by atoms with Crippen LogP contribution in [0.25, 0.3) is 5.69 Å². The van der Waals surface area contributed by atoms with Gasteiger partial charge in [-0.05, 0) is 32.4 Å². The summed E-state index contributed by atoms with van der Waals surface area (Å²) in [5, 5.41) is 9.12. The summed E-state index contributed by atoms with van der Waals surface area (Å²) in [5.41, 5.74) is 7.11. The highest BCUT2D eigenvalue weighted by molar-refractivity contribution is 5.39. The summed E-state index contributed by atoms with van der Waals surface area (Å²) in [7, 11) is 3.74. The molecule has 6 heteroatoms. The Kier molecular flexibility index (Phi) is 6.08. The minimum Gasteiger partial charge on any atom is -0.383 e. The first kappa shape index (κ1) is 19.3. The van der Waals surface area contributed by atoms with Crippen molar-refractivity contribution in [2.75, 3.05) is 20.3 Å². The van der Waals surface area contributed by atoms with Crippen molar-refractivity contribution in [3.63, 3.8) is 0 Å². The molecule has 0 spiro atoms. The lowest BCUT2D eigenvalue weighted by molar-refractivity contribution is 0.140. The lowest BCUT2D eigenvalue weighted by atomic mass is 10.1. The SMILES string of the molecule is COCCN(Cc1cnn(-c2ccccc2C)c1)Cc1c(C)nn(C)c1C. The Bertz CT molecular complexity index is 896. The minimum absolute atomic E-state index is 0.699. The first-order valence-electron chi connectivity index (χ1n) is 9.29. The van der Waals surface area contributed by atoms with Crippen LogP contribution in [0.3, 0.4) is 0 Å². The maximum Gasteiger partial charge on any atom is 0.0674 e. The van der Waals surface area contributed by atoms with Crippen molar-refractivity contribution in [2.45, 2.75) is 33.9 Å². The van der Waals surface area contributed by atoms with E-state index in [-0.39, 0.29) is 0 Å². The molecular weight excluding hydrogens is 338 g/mol. The van der Waals surface area contributed by atoms with Gasteiger partial charge < -0.3 is 4.74 Å². The first-order valence-corrected chi connectivity index (χ1v) is 9.29. The van der Waals surface area contributed by atoms with E-state index in [0.717, 1.165) is 31.0 Å². The van der Waals surface area contributed by atoms with E-state index in [1.54, 1.807) is 7.11 Å². The minimum atomic E-state index is 0.699. The average Bonchev–Trinajstić information content (AvgIpc) is 3.20. The fraction of sp³-hybridized carbons (Fsp3) is 0.429. The normalized spacial score (nSPS) is 11.5. The van der Waals surface area contributed by atoms with Crippen molar-refractivity contribution in [2.24, 2.45) is 7.05 Å². The summed E-state index contributed by atoms with van der Waals surface area (Å²) >= 11 is 0. The van der Waals surface area contributed by atoms with E-state index < -0.39 is 0 Å². The summed E-state index contributed by atoms with van der Waals surface area (Å²) in [6, 6.07) is 8.30. The number of aryl methyl sites for hydroxylation is 3. The molecule has 0 fully saturated rings. The summed E-state index contributed by atoms with van der Waals surface area (Å²) < 4.78 is 9.23. The van der Waals surface area contributed by atoms with Crippen LogP contribution in [-0.2, 0) is 24.9 Å². The van der Waals surface area contributed by atoms with Crippen LogP contribution in [0, 0.1) is 20.8 Å². The molecule has 0 radical (unpaired) electrons. The predicted molar refractivity (Wildman–Crippen MR) is 107 cm³/mol. The van der Waals surface area contributed by atoms with Crippen molar-refractivity contribution < 1.29 is 4.74 Å². The molecule has 3 rings (SSSR count). The monoisotopic (exact) mass is 367 g/mol. The Hall–Kier alpha value is -2.44. The topological polar surface area (TPSA) is 48.1 Å². The molecule has 0 aliphatic carbocycles. The van der Waals surface area contributed by atoms with E-state index in [0.29, 0.717) is 6.61 Å². The van der Waals surface area contributed by atoms with Gasteiger partial charge in [0.15, 0.2) is 0 Å². The van der Waals surface area contributed by atoms with Gasteiger partial charge in [0.25, 0.3) is 0 Å². The third-order valence-electron chi connectivity index (χ3n) is 5.06. The van der Waals surface area contributed by atoms with Crippen LogP contribution < -0.4 is 0 Å². The van der Waals surface area contributed by atoms with Crippen LogP contribution in [0.4, 0.5) is 0 Å². The van der Waals surface area contributed by atoms with E-state index in [4.69, 9.17) is 4.74 Å². The molecule has 144 valence electrons. The molecule has 0 N–H and O–H groups in total. The number of nitrogens with zero attached hydrogens (tertiary/aromatic N) is 5. The number of para-hydroxylation sites is 1. The lowest BCUT2D eigenvalue weighted by Gasteiger charge is -2.21. The van der Waals surface area contributed by atoms with Gasteiger partial charge in [0.2, 0.25) is 0 Å². The zero-order valence-electron chi connectivity index (χ0n) is 16.9. The van der Waals surface area contributed by atoms with Crippen LogP contribution in [-0.4, -0.2) is 44.7 Å². The van der Waals surface area contributed by atoms with Crippen molar-refractivity contribution in [3.05, 3.63) is 64.7 Å². The van der Waals surface area contributed by atoms with Crippen molar-refractivity contribution in [3.8, 4) is 5.69 Å². The number of benzene rings is 1.